The first-order chi connectivity index (χ1) is 16.3. The first kappa shape index (κ1) is 21.5. The third kappa shape index (κ3) is 4.16. The SMILES string of the molecule is Cc1cc(-c2nc(C(=O)Nc3cn4cc(C(C)(C)O)nc4cc3-c3ccccn3)co2)ccn1. The summed E-state index contributed by atoms with van der Waals surface area (Å²) in [4.78, 5) is 30.5. The standard InChI is InChI=1S/C25H22N6O3/c1-15-10-16(7-9-26-15)24-29-20(14-34-24)23(32)28-19-12-31-13-21(25(2,3)33)30-22(31)11-17(19)18-6-4-5-8-27-18/h4-14,33H,1-3H3,(H,28,32). The highest BCUT2D eigenvalue weighted by Gasteiger charge is 2.22. The molecule has 0 aliphatic heterocycles. The minimum atomic E-state index is -1.11. The van der Waals surface area contributed by atoms with Gasteiger partial charge in [-0.3, -0.25) is 14.8 Å². The van der Waals surface area contributed by atoms with Gasteiger partial charge in [0.15, 0.2) is 5.69 Å². The number of amides is 1. The molecule has 9 heteroatoms. The molecule has 0 atom stereocenters. The van der Waals surface area contributed by atoms with Crippen LogP contribution in [0.1, 0.15) is 35.7 Å². The van der Waals surface area contributed by atoms with E-state index in [4.69, 9.17) is 4.42 Å². The number of nitrogens with zero attached hydrogens (tertiary/aromatic N) is 5. The fourth-order valence-electron chi connectivity index (χ4n) is 3.54. The van der Waals surface area contributed by atoms with Crippen molar-refractivity contribution in [3.8, 4) is 22.7 Å². The summed E-state index contributed by atoms with van der Waals surface area (Å²) in [6.45, 7) is 5.21. The number of nitrogens with one attached hydrogen (secondary N) is 1. The lowest BCUT2D eigenvalue weighted by Crippen LogP contribution is -2.15. The summed E-state index contributed by atoms with van der Waals surface area (Å²) in [6.07, 6.45) is 8.14. The van der Waals surface area contributed by atoms with Gasteiger partial charge in [-0.25, -0.2) is 9.97 Å². The number of imidazole rings is 1. The lowest BCUT2D eigenvalue weighted by molar-refractivity contribution is 0.0744. The maximum absolute atomic E-state index is 13.1. The molecule has 0 saturated heterocycles. The average molecular weight is 454 g/mol. The van der Waals surface area contributed by atoms with Gasteiger partial charge in [-0.15, -0.1) is 0 Å². The molecule has 5 aromatic heterocycles. The van der Waals surface area contributed by atoms with Crippen molar-refractivity contribution in [1.29, 1.82) is 0 Å². The summed E-state index contributed by atoms with van der Waals surface area (Å²) in [5.74, 6) is -0.0967. The van der Waals surface area contributed by atoms with Crippen LogP contribution in [0.15, 0.2) is 71.9 Å². The number of hydrogen-bond acceptors (Lipinski definition) is 7. The highest BCUT2D eigenvalue weighted by molar-refractivity contribution is 6.05. The van der Waals surface area contributed by atoms with Crippen LogP contribution in [0, 0.1) is 6.92 Å². The summed E-state index contributed by atoms with van der Waals surface area (Å²) in [5.41, 5.74) is 3.58. The Hall–Kier alpha value is -4.37. The van der Waals surface area contributed by atoms with Crippen LogP contribution >= 0.6 is 0 Å². The number of anilines is 1. The molecule has 5 rings (SSSR count). The molecule has 0 aliphatic rings. The van der Waals surface area contributed by atoms with Crippen LogP contribution < -0.4 is 5.32 Å². The van der Waals surface area contributed by atoms with Crippen LogP contribution in [0.3, 0.4) is 0 Å². The quantitative estimate of drug-likeness (QED) is 0.408. The molecular formula is C25H22N6O3. The van der Waals surface area contributed by atoms with Crippen LogP contribution in [-0.4, -0.2) is 35.4 Å². The first-order valence-electron chi connectivity index (χ1n) is 10.6. The number of oxazole rings is 1. The fourth-order valence-corrected chi connectivity index (χ4v) is 3.54. The third-order valence-electron chi connectivity index (χ3n) is 5.29. The number of carbonyl (C=O) groups excluding carboxylic acids is 1. The van der Waals surface area contributed by atoms with Gasteiger partial charge < -0.3 is 19.2 Å². The Labute approximate surface area is 195 Å². The summed E-state index contributed by atoms with van der Waals surface area (Å²) in [7, 11) is 0. The topological polar surface area (TPSA) is 118 Å². The number of pyridine rings is 3. The molecule has 0 aromatic carbocycles. The van der Waals surface area contributed by atoms with E-state index in [2.05, 4.69) is 25.3 Å². The van der Waals surface area contributed by atoms with Gasteiger partial charge in [0, 0.05) is 41.6 Å². The monoisotopic (exact) mass is 454 g/mol. The maximum atomic E-state index is 13.1. The number of aryl methyl sites for hydroxylation is 1. The number of aromatic nitrogens is 5. The number of fused-ring (bicyclic) bond motifs is 1. The zero-order valence-electron chi connectivity index (χ0n) is 18.9. The average Bonchev–Trinajstić information content (AvgIpc) is 3.46. The number of hydrogen-bond donors (Lipinski definition) is 2. The van der Waals surface area contributed by atoms with E-state index in [0.717, 1.165) is 11.3 Å². The molecule has 0 aliphatic carbocycles. The molecule has 5 heterocycles. The lowest BCUT2D eigenvalue weighted by Gasteiger charge is -2.12. The molecule has 0 fully saturated rings. The van der Waals surface area contributed by atoms with Crippen molar-refractivity contribution < 1.29 is 14.3 Å². The van der Waals surface area contributed by atoms with Crippen LogP contribution in [0.25, 0.3) is 28.4 Å². The summed E-state index contributed by atoms with van der Waals surface area (Å²) in [6, 6.07) is 11.0. The first-order valence-corrected chi connectivity index (χ1v) is 10.6. The van der Waals surface area contributed by atoms with Crippen molar-refractivity contribution in [1.82, 2.24) is 24.3 Å². The van der Waals surface area contributed by atoms with E-state index in [0.29, 0.717) is 34.2 Å². The van der Waals surface area contributed by atoms with E-state index >= 15 is 0 Å². The van der Waals surface area contributed by atoms with Gasteiger partial charge in [-0.05, 0) is 51.1 Å². The molecule has 9 nitrogen and oxygen atoms in total. The lowest BCUT2D eigenvalue weighted by atomic mass is 10.1. The zero-order valence-corrected chi connectivity index (χ0v) is 18.9. The Morgan fingerprint density at radius 2 is 1.94 bits per heavy atom. The second-order valence-electron chi connectivity index (χ2n) is 8.44. The van der Waals surface area contributed by atoms with Crippen LogP contribution in [0.4, 0.5) is 5.69 Å². The Morgan fingerprint density at radius 1 is 1.09 bits per heavy atom. The molecule has 1 amide bonds. The van der Waals surface area contributed by atoms with Crippen molar-refractivity contribution >= 4 is 17.2 Å². The second kappa shape index (κ2) is 8.20. The van der Waals surface area contributed by atoms with Gasteiger partial charge in [-0.2, -0.15) is 0 Å². The molecule has 170 valence electrons. The van der Waals surface area contributed by atoms with Crippen LogP contribution in [0.2, 0.25) is 0 Å². The van der Waals surface area contributed by atoms with Gasteiger partial charge in [0.2, 0.25) is 5.89 Å². The Bertz CT molecular complexity index is 1500. The molecule has 0 unspecified atom stereocenters. The molecule has 0 spiro atoms. The van der Waals surface area contributed by atoms with Crippen LogP contribution in [0.5, 0.6) is 0 Å². The smallest absolute Gasteiger partial charge is 0.277 e. The van der Waals surface area contributed by atoms with Gasteiger partial charge in [0.05, 0.1) is 17.1 Å². The summed E-state index contributed by atoms with van der Waals surface area (Å²) < 4.78 is 7.29. The van der Waals surface area contributed by atoms with Gasteiger partial charge in [-0.1, -0.05) is 6.07 Å². The van der Waals surface area contributed by atoms with Crippen molar-refractivity contribution in [2.75, 3.05) is 5.32 Å². The van der Waals surface area contributed by atoms with Crippen molar-refractivity contribution in [2.24, 2.45) is 0 Å². The molecule has 0 bridgehead atoms. The minimum absolute atomic E-state index is 0.138. The van der Waals surface area contributed by atoms with E-state index in [1.54, 1.807) is 49.1 Å². The largest absolute Gasteiger partial charge is 0.444 e. The van der Waals surface area contributed by atoms with Gasteiger partial charge >= 0.3 is 0 Å². The predicted molar refractivity (Wildman–Crippen MR) is 126 cm³/mol. The van der Waals surface area contributed by atoms with Crippen LogP contribution in [-0.2, 0) is 5.60 Å². The Kier molecular flexibility index (Phi) is 5.18. The van der Waals surface area contributed by atoms with E-state index in [1.165, 1.54) is 6.26 Å². The normalized spacial score (nSPS) is 11.6. The van der Waals surface area contributed by atoms with E-state index < -0.39 is 11.5 Å². The highest BCUT2D eigenvalue weighted by atomic mass is 16.3. The number of rotatable bonds is 5. The Balaban J connectivity index is 1.53. The third-order valence-corrected chi connectivity index (χ3v) is 5.29. The van der Waals surface area contributed by atoms with Crippen molar-refractivity contribution in [2.45, 2.75) is 26.4 Å². The van der Waals surface area contributed by atoms with E-state index in [9.17, 15) is 9.90 Å². The summed E-state index contributed by atoms with van der Waals surface area (Å²) >= 11 is 0. The molecule has 0 saturated carbocycles. The second-order valence-corrected chi connectivity index (χ2v) is 8.44. The molecule has 2 N–H and O–H groups in total. The molecular weight excluding hydrogens is 432 g/mol. The van der Waals surface area contributed by atoms with E-state index in [-0.39, 0.29) is 5.69 Å². The maximum Gasteiger partial charge on any atom is 0.277 e. The molecule has 34 heavy (non-hydrogen) atoms. The van der Waals surface area contributed by atoms with Crippen molar-refractivity contribution in [3.63, 3.8) is 0 Å². The van der Waals surface area contributed by atoms with Gasteiger partial charge in [0.1, 0.15) is 17.5 Å². The molecule has 0 radical (unpaired) electrons. The number of aliphatic hydroxyl groups is 1. The van der Waals surface area contributed by atoms with Gasteiger partial charge in [0.25, 0.3) is 5.91 Å². The Morgan fingerprint density at radius 3 is 2.68 bits per heavy atom. The van der Waals surface area contributed by atoms with E-state index in [1.807, 2.05) is 37.3 Å². The highest BCUT2D eigenvalue weighted by Crippen LogP contribution is 2.30. The summed E-state index contributed by atoms with van der Waals surface area (Å²) in [5, 5.41) is 13.3. The predicted octanol–water partition coefficient (Wildman–Crippen LogP) is 4.23. The van der Waals surface area contributed by atoms with Crippen molar-refractivity contribution in [3.05, 3.63) is 84.5 Å². The zero-order chi connectivity index (χ0) is 23.9. The molecule has 5 aromatic rings. The minimum Gasteiger partial charge on any atom is -0.444 e. The fraction of sp³-hybridized carbons (Fsp3) is 0.160. The number of carbonyl (C=O) groups is 1.